The zero-order valence-corrected chi connectivity index (χ0v) is 23.2. The number of pyridine rings is 1. The molecule has 1 amide bonds. The Bertz CT molecular complexity index is 1570. The highest BCUT2D eigenvalue weighted by Crippen LogP contribution is 2.37. The van der Waals surface area contributed by atoms with E-state index in [1.54, 1.807) is 23.1 Å². The second-order valence-electron chi connectivity index (χ2n) is 10.8. The van der Waals surface area contributed by atoms with Gasteiger partial charge in [0.15, 0.2) is 6.10 Å². The van der Waals surface area contributed by atoms with Gasteiger partial charge < -0.3 is 29.9 Å². The quantitative estimate of drug-likeness (QED) is 0.270. The third-order valence-electron chi connectivity index (χ3n) is 7.94. The van der Waals surface area contributed by atoms with Gasteiger partial charge in [0, 0.05) is 18.7 Å². The van der Waals surface area contributed by atoms with Gasteiger partial charge in [0.1, 0.15) is 41.7 Å². The number of carbonyl (C=O) groups is 1. The first-order chi connectivity index (χ1) is 20.0. The van der Waals surface area contributed by atoms with E-state index >= 15 is 0 Å². The highest BCUT2D eigenvalue weighted by Gasteiger charge is 2.53. The van der Waals surface area contributed by atoms with Crippen LogP contribution >= 0.6 is 0 Å². The molecule has 2 aromatic heterocycles. The number of hydrogen-bond donors (Lipinski definition) is 4. The number of halogens is 1. The first-order valence-electron chi connectivity index (χ1n) is 13.3. The Hall–Kier alpha value is -3.70. The van der Waals surface area contributed by atoms with Gasteiger partial charge in [-0.25, -0.2) is 22.5 Å². The van der Waals surface area contributed by atoms with Crippen LogP contribution in [0.3, 0.4) is 0 Å². The molecule has 3 aromatic rings. The fourth-order valence-electron chi connectivity index (χ4n) is 6.03. The van der Waals surface area contributed by atoms with E-state index in [0.717, 1.165) is 6.26 Å². The summed E-state index contributed by atoms with van der Waals surface area (Å²) in [5, 5.41) is 40.2. The van der Waals surface area contributed by atoms with Crippen LogP contribution in [0, 0.1) is 5.82 Å². The Labute approximate surface area is 240 Å². The number of nitrogens with zero attached hydrogens (tertiary/aromatic N) is 6. The first-order valence-corrected chi connectivity index (χ1v) is 15.2. The molecule has 3 aliphatic rings. The number of benzene rings is 1. The largest absolute Gasteiger partial charge is 0.394 e. The van der Waals surface area contributed by atoms with Crippen molar-refractivity contribution in [3.63, 3.8) is 0 Å². The number of sulfonamides is 1. The molecule has 0 unspecified atom stereocenters. The van der Waals surface area contributed by atoms with Crippen molar-refractivity contribution in [2.45, 2.75) is 49.0 Å². The Kier molecular flexibility index (Phi) is 7.34. The van der Waals surface area contributed by atoms with E-state index in [1.807, 2.05) is 4.90 Å². The zero-order chi connectivity index (χ0) is 29.8. The van der Waals surface area contributed by atoms with E-state index in [9.17, 15) is 32.9 Å². The lowest BCUT2D eigenvalue weighted by atomic mass is 9.91. The van der Waals surface area contributed by atoms with Gasteiger partial charge in [0.25, 0.3) is 5.91 Å². The van der Waals surface area contributed by atoms with Gasteiger partial charge >= 0.3 is 0 Å². The minimum Gasteiger partial charge on any atom is -0.394 e. The molecule has 0 radical (unpaired) electrons. The number of piperazine rings is 1. The van der Waals surface area contributed by atoms with Crippen molar-refractivity contribution < 1.29 is 37.7 Å². The number of aliphatic hydroxyl groups is 3. The molecule has 0 aliphatic carbocycles. The van der Waals surface area contributed by atoms with Gasteiger partial charge in [-0.1, -0.05) is 17.3 Å². The van der Waals surface area contributed by atoms with Crippen LogP contribution in [0.2, 0.25) is 0 Å². The number of carbonyl (C=O) groups excluding carboxylic acids is 1. The molecule has 5 heterocycles. The number of amides is 1. The molecule has 14 nitrogen and oxygen atoms in total. The molecule has 1 aromatic carbocycles. The summed E-state index contributed by atoms with van der Waals surface area (Å²) < 4.78 is 46.0. The molecule has 7 atom stereocenters. The molecule has 4 N–H and O–H groups in total. The van der Waals surface area contributed by atoms with Crippen LogP contribution in [-0.4, -0.2) is 117 Å². The predicted molar refractivity (Wildman–Crippen MR) is 146 cm³/mol. The van der Waals surface area contributed by atoms with Crippen molar-refractivity contribution >= 4 is 27.4 Å². The molecule has 224 valence electrons. The van der Waals surface area contributed by atoms with Crippen molar-refractivity contribution in [3.8, 4) is 11.3 Å². The lowest BCUT2D eigenvalue weighted by molar-refractivity contribution is -0.212. The topological polar surface area (TPSA) is 183 Å². The second-order valence-corrected chi connectivity index (χ2v) is 12.6. The van der Waals surface area contributed by atoms with E-state index in [2.05, 4.69) is 20.0 Å². The number of anilines is 2. The van der Waals surface area contributed by atoms with Crippen LogP contribution in [0.15, 0.2) is 48.8 Å². The van der Waals surface area contributed by atoms with Gasteiger partial charge in [0.2, 0.25) is 10.0 Å². The minimum absolute atomic E-state index is 0.0555. The van der Waals surface area contributed by atoms with Gasteiger partial charge in [-0.15, -0.1) is 5.10 Å². The summed E-state index contributed by atoms with van der Waals surface area (Å²) >= 11 is 0. The van der Waals surface area contributed by atoms with Crippen LogP contribution in [0.4, 0.5) is 15.9 Å². The number of likely N-dealkylation sites (tertiary alicyclic amines) is 1. The molecule has 6 rings (SSSR count). The average Bonchev–Trinajstić information content (AvgIpc) is 3.69. The monoisotopic (exact) mass is 603 g/mol. The van der Waals surface area contributed by atoms with Crippen molar-refractivity contribution in [2.24, 2.45) is 0 Å². The summed E-state index contributed by atoms with van der Waals surface area (Å²) in [7, 11) is -3.43. The smallest absolute Gasteiger partial charge is 0.254 e. The number of rotatable bonds is 7. The molecule has 3 fully saturated rings. The van der Waals surface area contributed by atoms with E-state index in [-0.39, 0.29) is 12.1 Å². The SMILES string of the molecule is CS(=O)(=O)Nc1ccc(N2C[C@@H]3C[C@H]2CN3C(=O)[C@@H]2O[C@H](CO)[C@H](O)[C@H](n3cc(-c4cccc(F)c4)nn3)[C@H]2O)nc1. The minimum atomic E-state index is -3.43. The van der Waals surface area contributed by atoms with Gasteiger partial charge in [-0.05, 0) is 30.7 Å². The zero-order valence-electron chi connectivity index (χ0n) is 22.4. The van der Waals surface area contributed by atoms with Crippen LogP contribution in [0.5, 0.6) is 0 Å². The van der Waals surface area contributed by atoms with Crippen molar-refractivity contribution in [1.82, 2.24) is 24.9 Å². The van der Waals surface area contributed by atoms with Crippen molar-refractivity contribution in [2.75, 3.05) is 35.6 Å². The maximum absolute atomic E-state index is 13.7. The third kappa shape index (κ3) is 5.31. The fraction of sp³-hybridized carbons (Fsp3) is 0.462. The summed E-state index contributed by atoms with van der Waals surface area (Å²) in [6.07, 6.45) is -0.903. The number of ether oxygens (including phenoxy) is 1. The number of fused-ring (bicyclic) bond motifs is 2. The Morgan fingerprint density at radius 3 is 2.62 bits per heavy atom. The molecular weight excluding hydrogens is 573 g/mol. The molecule has 3 aliphatic heterocycles. The molecule has 0 spiro atoms. The first kappa shape index (κ1) is 28.4. The van der Waals surface area contributed by atoms with Gasteiger partial charge in [-0.2, -0.15) is 0 Å². The van der Waals surface area contributed by atoms with Gasteiger partial charge in [0.05, 0.1) is 43.0 Å². The number of aliphatic hydroxyl groups excluding tert-OH is 3. The summed E-state index contributed by atoms with van der Waals surface area (Å²) in [5.74, 6) is -0.294. The Balaban J connectivity index is 1.17. The maximum atomic E-state index is 13.7. The summed E-state index contributed by atoms with van der Waals surface area (Å²) in [6, 6.07) is 7.63. The van der Waals surface area contributed by atoms with Crippen LogP contribution in [-0.2, 0) is 19.6 Å². The van der Waals surface area contributed by atoms with Crippen LogP contribution in [0.1, 0.15) is 12.5 Å². The van der Waals surface area contributed by atoms with E-state index in [1.165, 1.54) is 35.3 Å². The molecule has 3 saturated heterocycles. The van der Waals surface area contributed by atoms with E-state index in [4.69, 9.17) is 4.74 Å². The van der Waals surface area contributed by atoms with Crippen molar-refractivity contribution in [1.29, 1.82) is 0 Å². The van der Waals surface area contributed by atoms with Crippen molar-refractivity contribution in [3.05, 3.63) is 54.6 Å². The molecule has 42 heavy (non-hydrogen) atoms. The van der Waals surface area contributed by atoms with Gasteiger partial charge in [-0.3, -0.25) is 9.52 Å². The predicted octanol–water partition coefficient (Wildman–Crippen LogP) is -0.637. The maximum Gasteiger partial charge on any atom is 0.254 e. The van der Waals surface area contributed by atoms with E-state index in [0.29, 0.717) is 42.3 Å². The molecule has 16 heteroatoms. The summed E-state index contributed by atoms with van der Waals surface area (Å²) in [5.41, 5.74) is 1.09. The molecule has 2 bridgehead atoms. The lowest BCUT2D eigenvalue weighted by Crippen LogP contribution is -2.62. The number of nitrogens with one attached hydrogen (secondary N) is 1. The summed E-state index contributed by atoms with van der Waals surface area (Å²) in [6.45, 7) is 0.209. The standard InChI is InChI=1S/C26H30FN7O7S/c1-42(39,40)30-16-5-6-21(28-9-16)32-10-18-8-17(32)11-33(18)26(38)25-24(37)22(23(36)20(13-35)41-25)34-12-19(29-31-34)14-3-2-4-15(27)7-14/h2-7,9,12,17-18,20,22-25,30,35-37H,8,10-11,13H2,1H3/t17-,18-,20+,22-,23-,24+,25+/m0/s1. The number of aromatic nitrogens is 4. The third-order valence-corrected chi connectivity index (χ3v) is 8.55. The number of hydrogen-bond acceptors (Lipinski definition) is 11. The Morgan fingerprint density at radius 1 is 1.17 bits per heavy atom. The normalized spacial score (nSPS) is 29.2. The average molecular weight is 604 g/mol. The molecule has 0 saturated carbocycles. The Morgan fingerprint density at radius 2 is 1.98 bits per heavy atom. The second kappa shape index (κ2) is 10.9. The highest BCUT2D eigenvalue weighted by molar-refractivity contribution is 7.92. The van der Waals surface area contributed by atoms with Crippen LogP contribution < -0.4 is 9.62 Å². The summed E-state index contributed by atoms with van der Waals surface area (Å²) in [4.78, 5) is 21.8. The molecular formula is C26H30FN7O7S. The van der Waals surface area contributed by atoms with Crippen LogP contribution in [0.25, 0.3) is 11.3 Å². The fourth-order valence-corrected chi connectivity index (χ4v) is 6.58. The van der Waals surface area contributed by atoms with E-state index < -0.39 is 58.8 Å². The lowest BCUT2D eigenvalue weighted by Gasteiger charge is -2.44. The highest BCUT2D eigenvalue weighted by atomic mass is 32.2.